The van der Waals surface area contributed by atoms with Crippen LogP contribution in [0.25, 0.3) is 0 Å². The quantitative estimate of drug-likeness (QED) is 0.0858. The minimum Gasteiger partial charge on any atom is -0.237 e. The van der Waals surface area contributed by atoms with E-state index < -0.39 is 0 Å². The van der Waals surface area contributed by atoms with Crippen LogP contribution < -0.4 is 4.57 Å². The van der Waals surface area contributed by atoms with E-state index in [4.69, 9.17) is 0 Å². The summed E-state index contributed by atoms with van der Waals surface area (Å²) in [7, 11) is 0. The number of aromatic nitrogens is 2. The summed E-state index contributed by atoms with van der Waals surface area (Å²) in [6.45, 7) is 10.7. The van der Waals surface area contributed by atoms with Crippen molar-refractivity contribution in [1.29, 1.82) is 0 Å². The molecule has 0 saturated carbocycles. The molecule has 1 aromatic heterocycles. The summed E-state index contributed by atoms with van der Waals surface area (Å²) in [5.74, 6) is 0.510. The Balaban J connectivity index is 1.43. The number of hydrogen-bond acceptors (Lipinski definition) is 0. The third-order valence-corrected chi connectivity index (χ3v) is 9.18. The molecule has 2 nitrogen and oxygen atoms in total. The normalized spacial score (nSPS) is 13.9. The van der Waals surface area contributed by atoms with Gasteiger partial charge in [0.25, 0.3) is 0 Å². The van der Waals surface area contributed by atoms with E-state index in [9.17, 15) is 0 Å². The Morgan fingerprint density at radius 3 is 1.66 bits per heavy atom. The standard InChI is InChI=1S/C39H61N2/c1-5-6-7-8-9-10-11-12-13-14-15-16-17-18-25-30-40-31-32-41(34-40)38(35(2)3)39(4,37-28-23-20-24-29-37)33-36-26-21-19-22-27-36/h19-24,26-29,31-32,34-35,38H,5-18,25,30,33H2,1-4H3/q+1. The van der Waals surface area contributed by atoms with Crippen molar-refractivity contribution in [2.75, 3.05) is 0 Å². The van der Waals surface area contributed by atoms with Crippen LogP contribution in [-0.2, 0) is 18.4 Å². The van der Waals surface area contributed by atoms with Gasteiger partial charge in [-0.2, -0.15) is 0 Å². The van der Waals surface area contributed by atoms with E-state index in [1.807, 2.05) is 0 Å². The van der Waals surface area contributed by atoms with Gasteiger partial charge in [-0.25, -0.2) is 9.13 Å². The summed E-state index contributed by atoms with van der Waals surface area (Å²) in [5, 5.41) is 0. The van der Waals surface area contributed by atoms with Crippen molar-refractivity contribution in [2.24, 2.45) is 5.92 Å². The minimum absolute atomic E-state index is 0.0116. The Kier molecular flexibility index (Phi) is 15.3. The van der Waals surface area contributed by atoms with E-state index in [-0.39, 0.29) is 5.41 Å². The molecule has 3 rings (SSSR count). The molecule has 0 spiro atoms. The van der Waals surface area contributed by atoms with Crippen molar-refractivity contribution in [3.63, 3.8) is 0 Å². The Morgan fingerprint density at radius 2 is 1.15 bits per heavy atom. The molecule has 0 N–H and O–H groups in total. The summed E-state index contributed by atoms with van der Waals surface area (Å²) < 4.78 is 4.93. The van der Waals surface area contributed by atoms with Crippen LogP contribution in [-0.4, -0.2) is 4.57 Å². The lowest BCUT2D eigenvalue weighted by atomic mass is 9.68. The van der Waals surface area contributed by atoms with Crippen molar-refractivity contribution >= 4 is 0 Å². The molecule has 0 aliphatic carbocycles. The largest absolute Gasteiger partial charge is 0.244 e. The Labute approximate surface area is 253 Å². The van der Waals surface area contributed by atoms with Gasteiger partial charge in [0.15, 0.2) is 0 Å². The molecule has 2 atom stereocenters. The average Bonchev–Trinajstić information content (AvgIpc) is 3.43. The fourth-order valence-corrected chi connectivity index (χ4v) is 7.00. The van der Waals surface area contributed by atoms with Gasteiger partial charge in [0, 0.05) is 5.41 Å². The molecule has 0 fully saturated rings. The van der Waals surface area contributed by atoms with Crippen molar-refractivity contribution in [1.82, 2.24) is 4.57 Å². The van der Waals surface area contributed by atoms with Crippen molar-refractivity contribution < 1.29 is 4.57 Å². The predicted molar refractivity (Wildman–Crippen MR) is 177 cm³/mol. The lowest BCUT2D eigenvalue weighted by molar-refractivity contribution is -0.697. The Bertz CT molecular complexity index is 1040. The van der Waals surface area contributed by atoms with Gasteiger partial charge >= 0.3 is 0 Å². The zero-order chi connectivity index (χ0) is 29.2. The average molecular weight is 558 g/mol. The molecule has 2 heteroatoms. The summed E-state index contributed by atoms with van der Waals surface area (Å²) in [6.07, 6.45) is 29.3. The Hall–Kier alpha value is -2.35. The lowest BCUT2D eigenvalue weighted by Crippen LogP contribution is -2.40. The van der Waals surface area contributed by atoms with Crippen LogP contribution in [0.15, 0.2) is 79.4 Å². The van der Waals surface area contributed by atoms with Crippen molar-refractivity contribution in [3.05, 3.63) is 90.5 Å². The number of imidazole rings is 1. The highest BCUT2D eigenvalue weighted by Gasteiger charge is 2.42. The minimum atomic E-state index is -0.0116. The lowest BCUT2D eigenvalue weighted by Gasteiger charge is -2.38. The van der Waals surface area contributed by atoms with Gasteiger partial charge in [-0.1, -0.05) is 172 Å². The van der Waals surface area contributed by atoms with Crippen LogP contribution >= 0.6 is 0 Å². The van der Waals surface area contributed by atoms with Gasteiger partial charge in [-0.15, -0.1) is 0 Å². The van der Waals surface area contributed by atoms with Crippen LogP contribution in [0.4, 0.5) is 0 Å². The number of unbranched alkanes of at least 4 members (excludes halogenated alkanes) is 14. The highest BCUT2D eigenvalue weighted by Crippen LogP contribution is 2.42. The van der Waals surface area contributed by atoms with Crippen molar-refractivity contribution in [2.45, 2.75) is 148 Å². The van der Waals surface area contributed by atoms with Gasteiger partial charge in [0.1, 0.15) is 18.4 Å². The molecule has 0 bridgehead atoms. The van der Waals surface area contributed by atoms with Crippen LogP contribution in [0.1, 0.15) is 141 Å². The Morgan fingerprint density at radius 1 is 0.659 bits per heavy atom. The number of nitrogens with zero attached hydrogens (tertiary/aromatic N) is 2. The summed E-state index contributed by atoms with van der Waals surface area (Å²) in [4.78, 5) is 0. The van der Waals surface area contributed by atoms with Crippen LogP contribution in [0.3, 0.4) is 0 Å². The third kappa shape index (κ3) is 11.4. The molecule has 0 aliphatic heterocycles. The molecule has 0 amide bonds. The van der Waals surface area contributed by atoms with E-state index in [0.717, 1.165) is 13.0 Å². The maximum atomic E-state index is 2.51. The second-order valence-electron chi connectivity index (χ2n) is 13.2. The molecular weight excluding hydrogens is 496 g/mol. The fourth-order valence-electron chi connectivity index (χ4n) is 7.00. The summed E-state index contributed by atoms with van der Waals surface area (Å²) in [5.41, 5.74) is 2.81. The summed E-state index contributed by atoms with van der Waals surface area (Å²) >= 11 is 0. The molecule has 0 radical (unpaired) electrons. The first kappa shape index (κ1) is 33.2. The maximum Gasteiger partial charge on any atom is 0.244 e. The topological polar surface area (TPSA) is 8.81 Å². The van der Waals surface area contributed by atoms with E-state index >= 15 is 0 Å². The zero-order valence-corrected chi connectivity index (χ0v) is 27.1. The monoisotopic (exact) mass is 557 g/mol. The van der Waals surface area contributed by atoms with Gasteiger partial charge in [-0.05, 0) is 36.3 Å². The highest BCUT2D eigenvalue weighted by molar-refractivity contribution is 5.31. The first-order valence-corrected chi connectivity index (χ1v) is 17.2. The number of benzene rings is 2. The van der Waals surface area contributed by atoms with Crippen LogP contribution in [0.2, 0.25) is 0 Å². The molecule has 226 valence electrons. The van der Waals surface area contributed by atoms with Crippen molar-refractivity contribution in [3.8, 4) is 0 Å². The predicted octanol–water partition coefficient (Wildman–Crippen LogP) is 11.0. The molecule has 0 aliphatic rings. The van der Waals surface area contributed by atoms with E-state index in [0.29, 0.717) is 12.0 Å². The third-order valence-electron chi connectivity index (χ3n) is 9.18. The van der Waals surface area contributed by atoms with Crippen LogP contribution in [0.5, 0.6) is 0 Å². The van der Waals surface area contributed by atoms with Crippen LogP contribution in [0, 0.1) is 5.92 Å². The zero-order valence-electron chi connectivity index (χ0n) is 27.1. The smallest absolute Gasteiger partial charge is 0.237 e. The fraction of sp³-hybridized carbons (Fsp3) is 0.615. The van der Waals surface area contributed by atoms with E-state index in [1.165, 1.54) is 107 Å². The first-order valence-electron chi connectivity index (χ1n) is 17.2. The van der Waals surface area contributed by atoms with Gasteiger partial charge in [-0.3, -0.25) is 0 Å². The van der Waals surface area contributed by atoms with E-state index in [1.54, 1.807) is 0 Å². The number of hydrogen-bond donors (Lipinski definition) is 0. The second kappa shape index (κ2) is 19.0. The van der Waals surface area contributed by atoms with Gasteiger partial charge in [0.2, 0.25) is 6.33 Å². The molecule has 1 heterocycles. The molecular formula is C39H61N2+. The number of rotatable bonds is 22. The SMILES string of the molecule is CCCCCCCCCCCCCCCCC[n+]1ccn(C(C(C)C)C(C)(Cc2ccccc2)c2ccccc2)c1. The van der Waals surface area contributed by atoms with E-state index in [2.05, 4.69) is 116 Å². The maximum absolute atomic E-state index is 2.51. The molecule has 2 aromatic carbocycles. The number of aryl methyl sites for hydroxylation is 1. The second-order valence-corrected chi connectivity index (χ2v) is 13.2. The van der Waals surface area contributed by atoms with Gasteiger partial charge < -0.3 is 0 Å². The highest BCUT2D eigenvalue weighted by atomic mass is 15.1. The first-order chi connectivity index (χ1) is 20.0. The van der Waals surface area contributed by atoms with Gasteiger partial charge in [0.05, 0.1) is 6.54 Å². The molecule has 0 saturated heterocycles. The molecule has 3 aromatic rings. The summed E-state index contributed by atoms with van der Waals surface area (Å²) in [6, 6.07) is 22.6. The molecule has 41 heavy (non-hydrogen) atoms. The molecule has 2 unspecified atom stereocenters.